The molecule has 0 atom stereocenters. The van der Waals surface area contributed by atoms with E-state index >= 15 is 0 Å². The molecular formula is C15H11ClF2O3. The molecule has 2 aromatic rings. The number of carbonyl (C=O) groups excluding carboxylic acids is 1. The Morgan fingerprint density at radius 2 is 1.62 bits per heavy atom. The van der Waals surface area contributed by atoms with Crippen LogP contribution >= 0.6 is 11.6 Å². The number of carbonyl (C=O) groups is 1. The maximum atomic E-state index is 14.0. The molecule has 0 aliphatic rings. The van der Waals surface area contributed by atoms with Gasteiger partial charge in [-0.05, 0) is 24.3 Å². The maximum absolute atomic E-state index is 14.0. The standard InChI is InChI=1S/C15H11ClF2O3/c1-20-13-6-10(12(18)7-14(13)21-2)15(19)9-4-3-8(17)5-11(9)16/h3-7H,1-2H3. The van der Waals surface area contributed by atoms with Gasteiger partial charge < -0.3 is 9.47 Å². The number of hydrogen-bond donors (Lipinski definition) is 0. The molecular weight excluding hydrogens is 302 g/mol. The summed E-state index contributed by atoms with van der Waals surface area (Å²) in [6.07, 6.45) is 0. The van der Waals surface area contributed by atoms with Gasteiger partial charge in [0.05, 0.1) is 24.8 Å². The fraction of sp³-hybridized carbons (Fsp3) is 0.133. The molecule has 2 rings (SSSR count). The monoisotopic (exact) mass is 312 g/mol. The van der Waals surface area contributed by atoms with Crippen LogP contribution in [0.2, 0.25) is 5.02 Å². The van der Waals surface area contributed by atoms with E-state index in [2.05, 4.69) is 0 Å². The van der Waals surface area contributed by atoms with Crippen molar-refractivity contribution in [3.05, 3.63) is 58.1 Å². The van der Waals surface area contributed by atoms with Crippen molar-refractivity contribution < 1.29 is 23.0 Å². The molecule has 21 heavy (non-hydrogen) atoms. The van der Waals surface area contributed by atoms with Gasteiger partial charge in [-0.1, -0.05) is 11.6 Å². The Kier molecular flexibility index (Phi) is 4.43. The van der Waals surface area contributed by atoms with Crippen molar-refractivity contribution in [2.24, 2.45) is 0 Å². The van der Waals surface area contributed by atoms with Gasteiger partial charge in [0, 0.05) is 11.6 Å². The lowest BCUT2D eigenvalue weighted by Gasteiger charge is -2.11. The largest absolute Gasteiger partial charge is 0.493 e. The smallest absolute Gasteiger partial charge is 0.197 e. The molecule has 3 nitrogen and oxygen atoms in total. The van der Waals surface area contributed by atoms with Gasteiger partial charge in [0.2, 0.25) is 0 Å². The van der Waals surface area contributed by atoms with E-state index in [1.165, 1.54) is 26.4 Å². The van der Waals surface area contributed by atoms with Crippen LogP contribution < -0.4 is 9.47 Å². The first-order valence-electron chi connectivity index (χ1n) is 5.89. The predicted octanol–water partition coefficient (Wildman–Crippen LogP) is 3.87. The Balaban J connectivity index is 2.53. The molecule has 0 radical (unpaired) electrons. The van der Waals surface area contributed by atoms with Crippen LogP contribution in [0.15, 0.2) is 30.3 Å². The SMILES string of the molecule is COc1cc(F)c(C(=O)c2ccc(F)cc2Cl)cc1OC. The molecule has 110 valence electrons. The zero-order valence-electron chi connectivity index (χ0n) is 11.2. The Labute approximate surface area is 125 Å². The van der Waals surface area contributed by atoms with Crippen LogP contribution in [0.25, 0.3) is 0 Å². The average molecular weight is 313 g/mol. The van der Waals surface area contributed by atoms with Gasteiger partial charge in [0.1, 0.15) is 11.6 Å². The number of methoxy groups -OCH3 is 2. The maximum Gasteiger partial charge on any atom is 0.197 e. The lowest BCUT2D eigenvalue weighted by molar-refractivity contribution is 0.103. The first-order valence-corrected chi connectivity index (χ1v) is 6.27. The van der Waals surface area contributed by atoms with Crippen molar-refractivity contribution in [1.82, 2.24) is 0 Å². The summed E-state index contributed by atoms with van der Waals surface area (Å²) in [4.78, 5) is 12.3. The molecule has 0 saturated carbocycles. The van der Waals surface area contributed by atoms with Gasteiger partial charge in [-0.25, -0.2) is 8.78 Å². The van der Waals surface area contributed by atoms with Crippen molar-refractivity contribution in [1.29, 1.82) is 0 Å². The third kappa shape index (κ3) is 2.97. The summed E-state index contributed by atoms with van der Waals surface area (Å²) in [7, 11) is 2.73. The number of benzene rings is 2. The molecule has 6 heteroatoms. The van der Waals surface area contributed by atoms with Crippen LogP contribution in [0.4, 0.5) is 8.78 Å². The van der Waals surface area contributed by atoms with Crippen LogP contribution in [0.3, 0.4) is 0 Å². The van der Waals surface area contributed by atoms with Crippen LogP contribution in [0, 0.1) is 11.6 Å². The summed E-state index contributed by atoms with van der Waals surface area (Å²) < 4.78 is 37.0. The third-order valence-corrected chi connectivity index (χ3v) is 3.21. The second-order valence-corrected chi connectivity index (χ2v) is 4.55. The molecule has 0 aliphatic heterocycles. The summed E-state index contributed by atoms with van der Waals surface area (Å²) in [5.74, 6) is -1.65. The lowest BCUT2D eigenvalue weighted by Crippen LogP contribution is -2.06. The van der Waals surface area contributed by atoms with Crippen LogP contribution in [0.5, 0.6) is 11.5 Å². The van der Waals surface area contributed by atoms with Gasteiger partial charge in [0.15, 0.2) is 17.3 Å². The Morgan fingerprint density at radius 3 is 2.19 bits per heavy atom. The quantitative estimate of drug-likeness (QED) is 0.804. The van der Waals surface area contributed by atoms with Crippen molar-refractivity contribution in [2.75, 3.05) is 14.2 Å². The van der Waals surface area contributed by atoms with Crippen molar-refractivity contribution in [2.45, 2.75) is 0 Å². The predicted molar refractivity (Wildman–Crippen MR) is 74.3 cm³/mol. The molecule has 0 saturated heterocycles. The van der Waals surface area contributed by atoms with Crippen LogP contribution in [-0.2, 0) is 0 Å². The van der Waals surface area contributed by atoms with E-state index in [0.717, 1.165) is 18.2 Å². The Bertz CT molecular complexity index is 702. The zero-order valence-corrected chi connectivity index (χ0v) is 12.0. The molecule has 0 spiro atoms. The molecule has 0 amide bonds. The van der Waals surface area contributed by atoms with E-state index in [-0.39, 0.29) is 27.6 Å². The highest BCUT2D eigenvalue weighted by atomic mass is 35.5. The second-order valence-electron chi connectivity index (χ2n) is 4.14. The number of hydrogen-bond acceptors (Lipinski definition) is 3. The van der Waals surface area contributed by atoms with Gasteiger partial charge >= 0.3 is 0 Å². The van der Waals surface area contributed by atoms with Gasteiger partial charge in [0.25, 0.3) is 0 Å². The molecule has 0 N–H and O–H groups in total. The fourth-order valence-corrected chi connectivity index (χ4v) is 2.10. The van der Waals surface area contributed by atoms with E-state index in [0.29, 0.717) is 0 Å². The Morgan fingerprint density at radius 1 is 1.00 bits per heavy atom. The second kappa shape index (κ2) is 6.10. The highest BCUT2D eigenvalue weighted by molar-refractivity contribution is 6.35. The number of ether oxygens (including phenoxy) is 2. The van der Waals surface area contributed by atoms with Crippen LogP contribution in [-0.4, -0.2) is 20.0 Å². The van der Waals surface area contributed by atoms with E-state index in [1.807, 2.05) is 0 Å². The average Bonchev–Trinajstić information content (AvgIpc) is 2.46. The van der Waals surface area contributed by atoms with Crippen molar-refractivity contribution in [3.63, 3.8) is 0 Å². The summed E-state index contributed by atoms with van der Waals surface area (Å²) in [6.45, 7) is 0. The highest BCUT2D eigenvalue weighted by Crippen LogP contribution is 2.31. The van der Waals surface area contributed by atoms with E-state index in [1.54, 1.807) is 0 Å². The highest BCUT2D eigenvalue weighted by Gasteiger charge is 2.20. The summed E-state index contributed by atoms with van der Waals surface area (Å²) >= 11 is 5.82. The molecule has 0 unspecified atom stereocenters. The molecule has 2 aromatic carbocycles. The Hall–Kier alpha value is -2.14. The minimum Gasteiger partial charge on any atom is -0.493 e. The lowest BCUT2D eigenvalue weighted by atomic mass is 10.0. The van der Waals surface area contributed by atoms with E-state index in [4.69, 9.17) is 21.1 Å². The normalized spacial score (nSPS) is 10.3. The first kappa shape index (κ1) is 15.3. The summed E-state index contributed by atoms with van der Waals surface area (Å²) in [5.41, 5.74) is -0.231. The van der Waals surface area contributed by atoms with Gasteiger partial charge in [-0.3, -0.25) is 4.79 Å². The number of halogens is 3. The van der Waals surface area contributed by atoms with Gasteiger partial charge in [-0.15, -0.1) is 0 Å². The summed E-state index contributed by atoms with van der Waals surface area (Å²) in [5, 5.41) is -0.0887. The zero-order chi connectivity index (χ0) is 15.6. The minimum absolute atomic E-state index is 0.00388. The van der Waals surface area contributed by atoms with Crippen molar-refractivity contribution >= 4 is 17.4 Å². The fourth-order valence-electron chi connectivity index (χ4n) is 1.85. The van der Waals surface area contributed by atoms with E-state index in [9.17, 15) is 13.6 Å². The molecule has 0 fully saturated rings. The topological polar surface area (TPSA) is 35.5 Å². The molecule has 0 aliphatic carbocycles. The number of ketones is 1. The van der Waals surface area contributed by atoms with Crippen molar-refractivity contribution in [3.8, 4) is 11.5 Å². The van der Waals surface area contributed by atoms with Crippen LogP contribution in [0.1, 0.15) is 15.9 Å². The molecule has 0 heterocycles. The number of rotatable bonds is 4. The third-order valence-electron chi connectivity index (χ3n) is 2.89. The summed E-state index contributed by atoms with van der Waals surface area (Å²) in [6, 6.07) is 5.54. The first-order chi connectivity index (χ1) is 9.97. The molecule has 0 bridgehead atoms. The van der Waals surface area contributed by atoms with E-state index < -0.39 is 17.4 Å². The minimum atomic E-state index is -0.780. The molecule has 0 aromatic heterocycles. The van der Waals surface area contributed by atoms with Gasteiger partial charge in [-0.2, -0.15) is 0 Å².